The van der Waals surface area contributed by atoms with Crippen LogP contribution in [0.2, 0.25) is 5.02 Å². The first-order valence-electron chi connectivity index (χ1n) is 6.41. The van der Waals surface area contributed by atoms with Crippen LogP contribution < -0.4 is 5.73 Å². The molecule has 2 nitrogen and oxygen atoms in total. The van der Waals surface area contributed by atoms with Crippen molar-refractivity contribution in [2.45, 2.75) is 25.6 Å². The molecule has 0 bridgehead atoms. The average Bonchev–Trinajstić information content (AvgIpc) is 2.74. The molecular weight excluding hydrogens is 356 g/mol. The highest BCUT2D eigenvalue weighted by molar-refractivity contribution is 9.10. The van der Waals surface area contributed by atoms with Gasteiger partial charge in [0.2, 0.25) is 0 Å². The topological polar surface area (TPSA) is 29.3 Å². The number of halogens is 2. The van der Waals surface area contributed by atoms with Crippen LogP contribution in [0.15, 0.2) is 40.2 Å². The summed E-state index contributed by atoms with van der Waals surface area (Å²) in [5, 5.41) is 2.85. The van der Waals surface area contributed by atoms with Gasteiger partial charge in [0.25, 0.3) is 0 Å². The Labute approximate surface area is 137 Å². The first kappa shape index (κ1) is 16.0. The van der Waals surface area contributed by atoms with Crippen LogP contribution in [0.25, 0.3) is 0 Å². The summed E-state index contributed by atoms with van der Waals surface area (Å²) in [5.41, 5.74) is 7.35. The van der Waals surface area contributed by atoms with E-state index in [4.69, 9.17) is 17.3 Å². The monoisotopic (exact) mass is 372 g/mol. The lowest BCUT2D eigenvalue weighted by Crippen LogP contribution is -2.36. The molecule has 2 aromatic rings. The highest BCUT2D eigenvalue weighted by atomic mass is 79.9. The largest absolute Gasteiger partial charge is 0.326 e. The van der Waals surface area contributed by atoms with Gasteiger partial charge in [0, 0.05) is 38.4 Å². The van der Waals surface area contributed by atoms with Crippen LogP contribution in [-0.2, 0) is 6.54 Å². The van der Waals surface area contributed by atoms with E-state index in [1.807, 2.05) is 25.1 Å². The lowest BCUT2D eigenvalue weighted by molar-refractivity contribution is 0.212. The third-order valence-electron chi connectivity index (χ3n) is 3.19. The van der Waals surface area contributed by atoms with Crippen LogP contribution in [0.1, 0.15) is 23.4 Å². The third kappa shape index (κ3) is 4.06. The molecule has 0 amide bonds. The van der Waals surface area contributed by atoms with Crippen LogP contribution in [0.3, 0.4) is 0 Å². The molecule has 2 unspecified atom stereocenters. The summed E-state index contributed by atoms with van der Waals surface area (Å²) in [4.78, 5) is 3.58. The molecule has 108 valence electrons. The van der Waals surface area contributed by atoms with Gasteiger partial charge in [-0.05, 0) is 53.7 Å². The van der Waals surface area contributed by atoms with Crippen molar-refractivity contribution in [3.63, 3.8) is 0 Å². The van der Waals surface area contributed by atoms with Gasteiger partial charge < -0.3 is 5.73 Å². The van der Waals surface area contributed by atoms with Gasteiger partial charge in [0.05, 0.1) is 0 Å². The minimum atomic E-state index is 0.0295. The minimum absolute atomic E-state index is 0.0295. The molecule has 0 fully saturated rings. The SMILES string of the molecule is CC(N)C(c1cccc(Cl)c1)N(C)Cc1cc(Br)cs1. The number of nitrogens with zero attached hydrogens (tertiary/aromatic N) is 1. The molecule has 5 heteroatoms. The van der Waals surface area contributed by atoms with Gasteiger partial charge in [-0.2, -0.15) is 0 Å². The summed E-state index contributed by atoms with van der Waals surface area (Å²) in [6.45, 7) is 2.90. The van der Waals surface area contributed by atoms with Crippen molar-refractivity contribution in [2.24, 2.45) is 5.73 Å². The molecule has 2 atom stereocenters. The second kappa shape index (κ2) is 7.05. The first-order valence-corrected chi connectivity index (χ1v) is 8.46. The van der Waals surface area contributed by atoms with Gasteiger partial charge in [0.15, 0.2) is 0 Å². The Morgan fingerprint density at radius 2 is 2.15 bits per heavy atom. The molecule has 1 aromatic heterocycles. The number of hydrogen-bond donors (Lipinski definition) is 1. The third-order valence-corrected chi connectivity index (χ3v) is 5.11. The van der Waals surface area contributed by atoms with E-state index in [0.29, 0.717) is 0 Å². The second-order valence-electron chi connectivity index (χ2n) is 5.01. The molecule has 0 aliphatic heterocycles. The molecular formula is C15H18BrClN2S. The number of likely N-dealkylation sites (N-methyl/N-ethyl adjacent to an activating group) is 1. The maximum Gasteiger partial charge on any atom is 0.0497 e. The number of benzene rings is 1. The molecule has 0 radical (unpaired) electrons. The van der Waals surface area contributed by atoms with Crippen molar-refractivity contribution < 1.29 is 0 Å². The zero-order valence-electron chi connectivity index (χ0n) is 11.5. The second-order valence-corrected chi connectivity index (χ2v) is 7.35. The average molecular weight is 374 g/mol. The number of thiophene rings is 1. The number of nitrogens with two attached hydrogens (primary N) is 1. The van der Waals surface area contributed by atoms with E-state index in [0.717, 1.165) is 21.6 Å². The Morgan fingerprint density at radius 1 is 1.40 bits per heavy atom. The molecule has 2 rings (SSSR count). The van der Waals surface area contributed by atoms with Gasteiger partial charge in [0.1, 0.15) is 0 Å². The van der Waals surface area contributed by atoms with Crippen molar-refractivity contribution in [3.05, 3.63) is 55.6 Å². The Kier molecular flexibility index (Phi) is 5.64. The quantitative estimate of drug-likeness (QED) is 0.824. The van der Waals surface area contributed by atoms with E-state index < -0.39 is 0 Å². The summed E-state index contributed by atoms with van der Waals surface area (Å²) in [7, 11) is 2.10. The Hall–Kier alpha value is -0.390. The standard InChI is InChI=1S/C15H18BrClN2S/c1-10(18)15(11-4-3-5-13(17)6-11)19(2)8-14-7-12(16)9-20-14/h3-7,9-10,15H,8,18H2,1-2H3. The Bertz CT molecular complexity index is 571. The Balaban J connectivity index is 2.20. The predicted octanol–water partition coefficient (Wildman–Crippen LogP) is 4.68. The molecule has 0 saturated carbocycles. The first-order chi connectivity index (χ1) is 9.47. The van der Waals surface area contributed by atoms with Crippen molar-refractivity contribution in [2.75, 3.05) is 7.05 Å². The molecule has 0 spiro atoms. The van der Waals surface area contributed by atoms with E-state index in [2.05, 4.69) is 45.4 Å². The zero-order chi connectivity index (χ0) is 14.7. The van der Waals surface area contributed by atoms with Gasteiger partial charge in [-0.15, -0.1) is 11.3 Å². The molecule has 0 aliphatic rings. The summed E-state index contributed by atoms with van der Waals surface area (Å²) < 4.78 is 1.13. The van der Waals surface area contributed by atoms with Crippen LogP contribution in [0, 0.1) is 0 Å². The van der Waals surface area contributed by atoms with E-state index >= 15 is 0 Å². The van der Waals surface area contributed by atoms with E-state index in [-0.39, 0.29) is 12.1 Å². The van der Waals surface area contributed by atoms with Gasteiger partial charge in [-0.1, -0.05) is 23.7 Å². The molecule has 1 heterocycles. The molecule has 1 aromatic carbocycles. The van der Waals surface area contributed by atoms with Gasteiger partial charge >= 0.3 is 0 Å². The highest BCUT2D eigenvalue weighted by Crippen LogP contribution is 2.28. The fourth-order valence-electron chi connectivity index (χ4n) is 2.43. The predicted molar refractivity (Wildman–Crippen MR) is 91.3 cm³/mol. The van der Waals surface area contributed by atoms with Gasteiger partial charge in [-0.25, -0.2) is 0 Å². The van der Waals surface area contributed by atoms with Crippen molar-refractivity contribution in [1.82, 2.24) is 4.90 Å². The Morgan fingerprint density at radius 3 is 2.70 bits per heavy atom. The normalized spacial score (nSPS) is 14.5. The fraction of sp³-hybridized carbons (Fsp3) is 0.333. The van der Waals surface area contributed by atoms with E-state index in [1.165, 1.54) is 4.88 Å². The minimum Gasteiger partial charge on any atom is -0.326 e. The number of hydrogen-bond acceptors (Lipinski definition) is 3. The number of rotatable bonds is 5. The van der Waals surface area contributed by atoms with Crippen molar-refractivity contribution >= 4 is 38.9 Å². The molecule has 20 heavy (non-hydrogen) atoms. The van der Waals surface area contributed by atoms with Crippen molar-refractivity contribution in [3.8, 4) is 0 Å². The van der Waals surface area contributed by atoms with E-state index in [1.54, 1.807) is 11.3 Å². The fourth-order valence-corrected chi connectivity index (χ4v) is 4.14. The van der Waals surface area contributed by atoms with Crippen LogP contribution in [0.5, 0.6) is 0 Å². The molecule has 0 aliphatic carbocycles. The summed E-state index contributed by atoms with van der Waals surface area (Å²) in [6, 6.07) is 10.3. The highest BCUT2D eigenvalue weighted by Gasteiger charge is 2.21. The smallest absolute Gasteiger partial charge is 0.0497 e. The maximum absolute atomic E-state index is 6.19. The lowest BCUT2D eigenvalue weighted by atomic mass is 9.99. The van der Waals surface area contributed by atoms with Gasteiger partial charge in [-0.3, -0.25) is 4.90 Å². The van der Waals surface area contributed by atoms with E-state index in [9.17, 15) is 0 Å². The summed E-state index contributed by atoms with van der Waals surface area (Å²) in [5.74, 6) is 0. The van der Waals surface area contributed by atoms with Crippen molar-refractivity contribution in [1.29, 1.82) is 0 Å². The zero-order valence-corrected chi connectivity index (χ0v) is 14.7. The van der Waals surface area contributed by atoms with Crippen LogP contribution >= 0.6 is 38.9 Å². The molecule has 2 N–H and O–H groups in total. The van der Waals surface area contributed by atoms with Crippen LogP contribution in [0.4, 0.5) is 0 Å². The van der Waals surface area contributed by atoms with Crippen LogP contribution in [-0.4, -0.2) is 18.0 Å². The lowest BCUT2D eigenvalue weighted by Gasteiger charge is -2.31. The summed E-state index contributed by atoms with van der Waals surface area (Å²) in [6.07, 6.45) is 0. The maximum atomic E-state index is 6.19. The summed E-state index contributed by atoms with van der Waals surface area (Å²) >= 11 is 11.3. The molecule has 0 saturated heterocycles.